The van der Waals surface area contributed by atoms with Crippen molar-refractivity contribution < 1.29 is 28.5 Å². The quantitative estimate of drug-likeness (QED) is 0.0953. The molecule has 0 bridgehead atoms. The van der Waals surface area contributed by atoms with Gasteiger partial charge in [0.05, 0.1) is 48.5 Å². The van der Waals surface area contributed by atoms with Crippen molar-refractivity contribution in [2.75, 3.05) is 14.2 Å². The fourth-order valence-corrected chi connectivity index (χ4v) is 7.50. The average Bonchev–Trinajstić information content (AvgIpc) is 4.02. The monoisotopic (exact) mass is 900 g/mol. The lowest BCUT2D eigenvalue weighted by atomic mass is 10.0. The molecule has 0 aliphatic carbocycles. The summed E-state index contributed by atoms with van der Waals surface area (Å²) in [7, 11) is 2.73. The zero-order valence-corrected chi connectivity index (χ0v) is 37.2. The van der Waals surface area contributed by atoms with Crippen LogP contribution in [-0.4, -0.2) is 65.7 Å². The summed E-state index contributed by atoms with van der Waals surface area (Å²) in [6, 6.07) is 47.2. The van der Waals surface area contributed by atoms with Crippen LogP contribution in [0.3, 0.4) is 0 Å². The fourth-order valence-electron chi connectivity index (χ4n) is 7.50. The van der Waals surface area contributed by atoms with Crippen LogP contribution in [0.5, 0.6) is 11.5 Å². The van der Waals surface area contributed by atoms with Gasteiger partial charge in [-0.3, -0.25) is 28.9 Å². The Morgan fingerprint density at radius 2 is 1.01 bits per heavy atom. The number of hydrogen-bond acceptors (Lipinski definition) is 12. The Bertz CT molecular complexity index is 3270. The molecule has 4 aromatic carbocycles. The van der Waals surface area contributed by atoms with E-state index in [0.717, 1.165) is 89.5 Å². The highest BCUT2D eigenvalue weighted by atomic mass is 16.5. The lowest BCUT2D eigenvalue weighted by Gasteiger charge is -2.11. The molecule has 14 nitrogen and oxygen atoms in total. The number of hydrogen-bond donors (Lipinski definition) is 0. The van der Waals surface area contributed by atoms with Crippen LogP contribution in [0, 0.1) is 0 Å². The Morgan fingerprint density at radius 3 is 1.56 bits per heavy atom. The van der Waals surface area contributed by atoms with Crippen LogP contribution in [0.2, 0.25) is 0 Å². The van der Waals surface area contributed by atoms with Gasteiger partial charge in [0.15, 0.2) is 0 Å². The first-order chi connectivity index (χ1) is 33.4. The van der Waals surface area contributed by atoms with E-state index < -0.39 is 0 Å². The lowest BCUT2D eigenvalue weighted by molar-refractivity contribution is -0.142. The highest BCUT2D eigenvalue weighted by Gasteiger charge is 2.18. The second-order valence-electron chi connectivity index (χ2n) is 15.4. The lowest BCUT2D eigenvalue weighted by Crippen LogP contribution is -2.13. The standard InChI is InChI=1S/2C27H22N4O3/c1-33-26(32)17-31-16-24(19-12-14-28-15-13-19)27(30-31)21-7-10-23(11-8-21)34-18-22-9-6-20-4-2-3-5-25(20)29-22;1-33-26(32)17-31-27(24(16-29-31)19-12-14-28-15-13-19)21-7-10-23(11-8-21)34-18-22-9-6-20-4-2-3-5-25(20)30-22/h2*2-16H,17-18H2,1H3. The average molecular weight is 901 g/mol. The third-order valence-electron chi connectivity index (χ3n) is 11.0. The van der Waals surface area contributed by atoms with Gasteiger partial charge >= 0.3 is 11.9 Å². The van der Waals surface area contributed by atoms with Crippen LogP contribution in [0.1, 0.15) is 11.4 Å². The van der Waals surface area contributed by atoms with E-state index in [0.29, 0.717) is 13.2 Å². The topological polar surface area (TPSA) is 158 Å². The minimum atomic E-state index is -0.367. The summed E-state index contributed by atoms with van der Waals surface area (Å²) in [6.07, 6.45) is 10.5. The van der Waals surface area contributed by atoms with Crippen LogP contribution in [0.25, 0.3) is 66.6 Å². The van der Waals surface area contributed by atoms with Gasteiger partial charge in [0, 0.05) is 64.0 Å². The van der Waals surface area contributed by atoms with E-state index >= 15 is 0 Å². The molecule has 0 fully saturated rings. The van der Waals surface area contributed by atoms with E-state index in [2.05, 4.69) is 36.2 Å². The zero-order valence-electron chi connectivity index (χ0n) is 37.2. The van der Waals surface area contributed by atoms with Crippen molar-refractivity contribution in [2.45, 2.75) is 26.3 Å². The Kier molecular flexibility index (Phi) is 13.5. The van der Waals surface area contributed by atoms with Crippen molar-refractivity contribution in [1.82, 2.24) is 39.5 Å². The van der Waals surface area contributed by atoms with E-state index in [9.17, 15) is 9.59 Å². The number of para-hydroxylation sites is 2. The number of aromatic nitrogens is 8. The van der Waals surface area contributed by atoms with Crippen molar-refractivity contribution in [3.63, 3.8) is 0 Å². The molecular formula is C54H44N8O6. The molecule has 336 valence electrons. The maximum Gasteiger partial charge on any atom is 0.327 e. The van der Waals surface area contributed by atoms with E-state index in [1.165, 1.54) is 14.2 Å². The van der Waals surface area contributed by atoms with Crippen molar-refractivity contribution in [3.8, 4) is 56.3 Å². The Morgan fingerprint density at radius 1 is 0.515 bits per heavy atom. The molecule has 0 spiro atoms. The Balaban J connectivity index is 0.000000170. The molecule has 0 saturated carbocycles. The molecule has 0 saturated heterocycles. The number of rotatable bonds is 14. The molecular weight excluding hydrogens is 857 g/mol. The van der Waals surface area contributed by atoms with Crippen molar-refractivity contribution in [3.05, 3.63) is 194 Å². The van der Waals surface area contributed by atoms with Crippen molar-refractivity contribution in [1.29, 1.82) is 0 Å². The summed E-state index contributed by atoms with van der Waals surface area (Å²) >= 11 is 0. The number of carbonyl (C=O) groups is 2. The summed E-state index contributed by atoms with van der Waals surface area (Å²) in [5.41, 5.74) is 10.7. The van der Waals surface area contributed by atoms with Gasteiger partial charge < -0.3 is 18.9 Å². The molecule has 10 rings (SSSR count). The number of esters is 2. The number of pyridine rings is 4. The summed E-state index contributed by atoms with van der Waals surface area (Å²) in [5.74, 6) is 0.733. The molecule has 6 heterocycles. The Labute approximate surface area is 391 Å². The van der Waals surface area contributed by atoms with Gasteiger partial charge in [-0.15, -0.1) is 0 Å². The molecule has 14 heteroatoms. The maximum atomic E-state index is 11.9. The molecule has 0 atom stereocenters. The normalized spacial score (nSPS) is 10.9. The predicted octanol–water partition coefficient (Wildman–Crippen LogP) is 9.82. The minimum absolute atomic E-state index is 0.0167. The van der Waals surface area contributed by atoms with Gasteiger partial charge in [-0.1, -0.05) is 48.5 Å². The van der Waals surface area contributed by atoms with E-state index in [-0.39, 0.29) is 25.0 Å². The highest BCUT2D eigenvalue weighted by molar-refractivity contribution is 5.83. The van der Waals surface area contributed by atoms with Gasteiger partial charge in [-0.2, -0.15) is 10.2 Å². The predicted molar refractivity (Wildman–Crippen MR) is 258 cm³/mol. The number of ether oxygens (including phenoxy) is 4. The van der Waals surface area contributed by atoms with Gasteiger partial charge in [0.2, 0.25) is 0 Å². The van der Waals surface area contributed by atoms with Gasteiger partial charge in [0.25, 0.3) is 0 Å². The number of carbonyl (C=O) groups excluding carboxylic acids is 2. The first kappa shape index (κ1) is 44.2. The smallest absolute Gasteiger partial charge is 0.327 e. The molecule has 10 aromatic rings. The van der Waals surface area contributed by atoms with Crippen LogP contribution >= 0.6 is 0 Å². The SMILES string of the molecule is COC(=O)Cn1cc(-c2ccncc2)c(-c2ccc(OCc3ccc4ccccc4n3)cc2)n1.COC(=O)Cn1ncc(-c2ccncc2)c1-c1ccc(OCc2ccc3ccccc3n2)cc1. The summed E-state index contributed by atoms with van der Waals surface area (Å²) in [4.78, 5) is 41.2. The molecule has 0 aliphatic heterocycles. The molecule has 0 radical (unpaired) electrons. The largest absolute Gasteiger partial charge is 0.487 e. The zero-order chi connectivity index (χ0) is 46.7. The van der Waals surface area contributed by atoms with Gasteiger partial charge in [-0.05, 0) is 108 Å². The molecule has 0 N–H and O–H groups in total. The van der Waals surface area contributed by atoms with Gasteiger partial charge in [-0.25, -0.2) is 9.97 Å². The molecule has 0 unspecified atom stereocenters. The third kappa shape index (κ3) is 10.6. The summed E-state index contributed by atoms with van der Waals surface area (Å²) < 4.78 is 24.8. The van der Waals surface area contributed by atoms with E-state index in [4.69, 9.17) is 18.9 Å². The van der Waals surface area contributed by atoms with E-state index in [1.54, 1.807) is 40.3 Å². The van der Waals surface area contributed by atoms with Crippen LogP contribution in [0.4, 0.5) is 0 Å². The molecule has 68 heavy (non-hydrogen) atoms. The van der Waals surface area contributed by atoms with Gasteiger partial charge in [0.1, 0.15) is 43.5 Å². The number of nitrogens with zero attached hydrogens (tertiary/aromatic N) is 8. The van der Waals surface area contributed by atoms with E-state index in [1.807, 2.05) is 146 Å². The number of methoxy groups -OCH3 is 2. The number of benzene rings is 4. The number of fused-ring (bicyclic) bond motifs is 2. The first-order valence-corrected chi connectivity index (χ1v) is 21.6. The molecule has 0 amide bonds. The van der Waals surface area contributed by atoms with Crippen molar-refractivity contribution >= 4 is 33.7 Å². The van der Waals surface area contributed by atoms with Crippen LogP contribution in [0.15, 0.2) is 183 Å². The Hall–Kier alpha value is -9.04. The van der Waals surface area contributed by atoms with Crippen LogP contribution < -0.4 is 9.47 Å². The second kappa shape index (κ2) is 20.9. The fraction of sp³-hybridized carbons (Fsp3) is 0.111. The third-order valence-corrected chi connectivity index (χ3v) is 11.0. The summed E-state index contributed by atoms with van der Waals surface area (Å²) in [6.45, 7) is 0.796. The molecule has 0 aliphatic rings. The maximum absolute atomic E-state index is 11.9. The second-order valence-corrected chi connectivity index (χ2v) is 15.4. The van der Waals surface area contributed by atoms with Crippen molar-refractivity contribution in [2.24, 2.45) is 0 Å². The van der Waals surface area contributed by atoms with Crippen LogP contribution in [-0.2, 0) is 45.4 Å². The molecule has 6 aromatic heterocycles. The highest BCUT2D eigenvalue weighted by Crippen LogP contribution is 2.34. The summed E-state index contributed by atoms with van der Waals surface area (Å²) in [5, 5.41) is 11.3. The minimum Gasteiger partial charge on any atom is -0.487 e. The first-order valence-electron chi connectivity index (χ1n) is 21.6.